The number of thioether (sulfide) groups is 1. The SMILES string of the molecule is O=C(Nc1ncnc2c1ncn2[C@H]1C[C@H](SC(c2ccccc2)(c2ccccc2)c2ccccc2)[C@@H](CO)O1)c1ccccc1. The average Bonchev–Trinajstić information content (AvgIpc) is 3.73. The van der Waals surface area contributed by atoms with E-state index in [1.807, 2.05) is 41.0 Å². The molecule has 7 rings (SSSR count). The van der Waals surface area contributed by atoms with E-state index in [0.717, 1.165) is 16.7 Å². The summed E-state index contributed by atoms with van der Waals surface area (Å²) in [6.07, 6.45) is 2.81. The van der Waals surface area contributed by atoms with Crippen LogP contribution in [-0.2, 0) is 9.48 Å². The van der Waals surface area contributed by atoms with E-state index in [9.17, 15) is 9.90 Å². The molecule has 3 atom stereocenters. The van der Waals surface area contributed by atoms with Crippen LogP contribution < -0.4 is 5.32 Å². The Morgan fingerprint density at radius 3 is 1.93 bits per heavy atom. The minimum absolute atomic E-state index is 0.0860. The zero-order valence-electron chi connectivity index (χ0n) is 24.3. The largest absolute Gasteiger partial charge is 0.394 e. The highest BCUT2D eigenvalue weighted by molar-refractivity contribution is 8.01. The van der Waals surface area contributed by atoms with Crippen LogP contribution in [0.4, 0.5) is 5.82 Å². The third-order valence-electron chi connectivity index (χ3n) is 8.17. The number of nitrogens with zero attached hydrogens (tertiary/aromatic N) is 4. The molecule has 6 aromatic rings. The monoisotopic (exact) mass is 613 g/mol. The summed E-state index contributed by atoms with van der Waals surface area (Å²) >= 11 is 1.80. The van der Waals surface area contributed by atoms with Crippen molar-refractivity contribution in [1.29, 1.82) is 0 Å². The van der Waals surface area contributed by atoms with Gasteiger partial charge in [-0.25, -0.2) is 15.0 Å². The lowest BCUT2D eigenvalue weighted by molar-refractivity contribution is -0.0198. The molecule has 0 unspecified atom stereocenters. The Morgan fingerprint density at radius 1 is 0.822 bits per heavy atom. The van der Waals surface area contributed by atoms with Gasteiger partial charge in [0.05, 0.1) is 23.8 Å². The number of anilines is 1. The zero-order chi connectivity index (χ0) is 30.6. The smallest absolute Gasteiger partial charge is 0.256 e. The summed E-state index contributed by atoms with van der Waals surface area (Å²) in [5.74, 6) is 0.0460. The van der Waals surface area contributed by atoms with Crippen molar-refractivity contribution in [3.05, 3.63) is 156 Å². The number of fused-ring (bicyclic) bond motifs is 1. The molecule has 9 heteroatoms. The number of hydrogen-bond acceptors (Lipinski definition) is 7. The molecule has 0 aliphatic carbocycles. The quantitative estimate of drug-likeness (QED) is 0.181. The van der Waals surface area contributed by atoms with Gasteiger partial charge in [-0.1, -0.05) is 109 Å². The minimum Gasteiger partial charge on any atom is -0.394 e. The fourth-order valence-corrected chi connectivity index (χ4v) is 7.87. The lowest BCUT2D eigenvalue weighted by atomic mass is 9.84. The van der Waals surface area contributed by atoms with Crippen LogP contribution in [0.5, 0.6) is 0 Å². The van der Waals surface area contributed by atoms with Crippen LogP contribution in [0, 0.1) is 0 Å². The molecule has 0 radical (unpaired) electrons. The van der Waals surface area contributed by atoms with E-state index >= 15 is 0 Å². The molecule has 4 aromatic carbocycles. The number of carbonyl (C=O) groups is 1. The number of aliphatic hydroxyl groups is 1. The van der Waals surface area contributed by atoms with Gasteiger partial charge in [-0.05, 0) is 28.8 Å². The number of aromatic nitrogens is 4. The van der Waals surface area contributed by atoms with Crippen LogP contribution in [0.2, 0.25) is 0 Å². The van der Waals surface area contributed by atoms with Crippen LogP contribution in [0.3, 0.4) is 0 Å². The summed E-state index contributed by atoms with van der Waals surface area (Å²) in [4.78, 5) is 26.3. The van der Waals surface area contributed by atoms with Crippen molar-refractivity contribution in [3.63, 3.8) is 0 Å². The van der Waals surface area contributed by atoms with Gasteiger partial charge in [-0.2, -0.15) is 0 Å². The number of ether oxygens (including phenoxy) is 1. The summed E-state index contributed by atoms with van der Waals surface area (Å²) in [6, 6.07) is 40.5. The fourth-order valence-electron chi connectivity index (χ4n) is 6.03. The molecule has 1 fully saturated rings. The molecule has 0 bridgehead atoms. The molecule has 1 aliphatic heterocycles. The Balaban J connectivity index is 1.24. The highest BCUT2D eigenvalue weighted by Gasteiger charge is 2.45. The highest BCUT2D eigenvalue weighted by atomic mass is 32.2. The summed E-state index contributed by atoms with van der Waals surface area (Å²) in [5, 5.41) is 13.4. The second-order valence-corrected chi connectivity index (χ2v) is 12.3. The molecule has 1 saturated heterocycles. The molecule has 8 nitrogen and oxygen atoms in total. The van der Waals surface area contributed by atoms with Gasteiger partial charge in [0, 0.05) is 17.2 Å². The minimum atomic E-state index is -0.561. The average molecular weight is 614 g/mol. The first-order chi connectivity index (χ1) is 22.2. The van der Waals surface area contributed by atoms with Gasteiger partial charge in [-0.3, -0.25) is 9.36 Å². The van der Waals surface area contributed by atoms with E-state index in [1.165, 1.54) is 6.33 Å². The number of carbonyl (C=O) groups excluding carboxylic acids is 1. The molecule has 0 spiro atoms. The van der Waals surface area contributed by atoms with Crippen molar-refractivity contribution in [3.8, 4) is 0 Å². The molecule has 45 heavy (non-hydrogen) atoms. The molecule has 2 aromatic heterocycles. The summed E-state index contributed by atoms with van der Waals surface area (Å²) in [7, 11) is 0. The number of imidazole rings is 1. The maximum Gasteiger partial charge on any atom is 0.256 e. The van der Waals surface area contributed by atoms with Gasteiger partial charge in [0.15, 0.2) is 17.0 Å². The Kier molecular flexibility index (Phi) is 8.13. The zero-order valence-corrected chi connectivity index (χ0v) is 25.1. The number of amides is 1. The van der Waals surface area contributed by atoms with Gasteiger partial charge in [0.25, 0.3) is 5.91 Å². The van der Waals surface area contributed by atoms with Crippen molar-refractivity contribution < 1.29 is 14.6 Å². The maximum absolute atomic E-state index is 12.9. The van der Waals surface area contributed by atoms with Crippen molar-refractivity contribution in [2.75, 3.05) is 11.9 Å². The summed E-state index contributed by atoms with van der Waals surface area (Å²) in [6.45, 7) is -0.136. The van der Waals surface area contributed by atoms with Gasteiger partial charge in [0.1, 0.15) is 12.6 Å². The predicted molar refractivity (Wildman–Crippen MR) is 176 cm³/mol. The number of aliphatic hydroxyl groups excluding tert-OH is 1. The van der Waals surface area contributed by atoms with Crippen LogP contribution in [0.25, 0.3) is 11.2 Å². The second kappa shape index (κ2) is 12.6. The van der Waals surface area contributed by atoms with Crippen molar-refractivity contribution >= 4 is 34.7 Å². The van der Waals surface area contributed by atoms with E-state index < -0.39 is 17.1 Å². The molecule has 1 amide bonds. The van der Waals surface area contributed by atoms with Crippen molar-refractivity contribution in [1.82, 2.24) is 19.5 Å². The third kappa shape index (κ3) is 5.50. The molecule has 2 N–H and O–H groups in total. The summed E-state index contributed by atoms with van der Waals surface area (Å²) in [5.41, 5.74) is 4.97. The molecular formula is C36H31N5O3S. The lowest BCUT2D eigenvalue weighted by Crippen LogP contribution is -2.32. The Hall–Kier alpha value is -4.83. The van der Waals surface area contributed by atoms with Gasteiger partial charge < -0.3 is 15.2 Å². The van der Waals surface area contributed by atoms with Crippen LogP contribution in [0.1, 0.15) is 39.7 Å². The highest BCUT2D eigenvalue weighted by Crippen LogP contribution is 2.54. The normalized spacial score (nSPS) is 18.2. The topological polar surface area (TPSA) is 102 Å². The Bertz CT molecular complexity index is 1790. The first-order valence-corrected chi connectivity index (χ1v) is 15.7. The van der Waals surface area contributed by atoms with E-state index in [2.05, 4.69) is 93.1 Å². The fraction of sp³-hybridized carbons (Fsp3) is 0.167. The van der Waals surface area contributed by atoms with E-state index in [4.69, 9.17) is 4.74 Å². The first-order valence-electron chi connectivity index (χ1n) is 14.8. The summed E-state index contributed by atoms with van der Waals surface area (Å²) < 4.78 is 7.83. The number of nitrogens with one attached hydrogen (secondary N) is 1. The molecular weight excluding hydrogens is 582 g/mol. The van der Waals surface area contributed by atoms with Crippen molar-refractivity contribution in [2.45, 2.75) is 28.7 Å². The second-order valence-electron chi connectivity index (χ2n) is 10.8. The number of rotatable bonds is 9. The van der Waals surface area contributed by atoms with Crippen LogP contribution in [0.15, 0.2) is 134 Å². The maximum atomic E-state index is 12.9. The first kappa shape index (κ1) is 28.9. The lowest BCUT2D eigenvalue weighted by Gasteiger charge is -2.38. The molecule has 1 aliphatic rings. The van der Waals surface area contributed by atoms with Gasteiger partial charge in [0.2, 0.25) is 0 Å². The van der Waals surface area contributed by atoms with Crippen molar-refractivity contribution in [2.24, 2.45) is 0 Å². The number of hydrogen-bond donors (Lipinski definition) is 2. The Labute approximate surface area is 265 Å². The standard InChI is InChI=1S/C36H31N5O3S/c42-22-29-30(45-36(26-15-7-2-8-16-26,27-17-9-3-10-18-27)28-19-11-4-12-20-28)21-31(44-29)41-24-39-32-33(37-23-38-34(32)41)40-35(43)25-13-5-1-6-14-25/h1-20,23-24,29-31,42H,21-22H2,(H,37,38,40,43)/t29-,30+,31-/m1/s1. The third-order valence-corrected chi connectivity index (χ3v) is 10.0. The number of benzene rings is 4. The van der Waals surface area contributed by atoms with Gasteiger partial charge >= 0.3 is 0 Å². The Morgan fingerprint density at radius 2 is 1.38 bits per heavy atom. The van der Waals surface area contributed by atoms with Crippen LogP contribution >= 0.6 is 11.8 Å². The molecule has 0 saturated carbocycles. The molecule has 224 valence electrons. The van der Waals surface area contributed by atoms with E-state index in [1.54, 1.807) is 30.2 Å². The predicted octanol–water partition coefficient (Wildman–Crippen LogP) is 6.45. The van der Waals surface area contributed by atoms with Crippen LogP contribution in [-0.4, -0.2) is 48.5 Å². The van der Waals surface area contributed by atoms with E-state index in [-0.39, 0.29) is 17.8 Å². The van der Waals surface area contributed by atoms with E-state index in [0.29, 0.717) is 29.0 Å². The van der Waals surface area contributed by atoms with Gasteiger partial charge in [-0.15, -0.1) is 11.8 Å². The molecule has 3 heterocycles.